The van der Waals surface area contributed by atoms with E-state index in [4.69, 9.17) is 16.3 Å². The van der Waals surface area contributed by atoms with Crippen LogP contribution in [-0.4, -0.2) is 45.0 Å². The van der Waals surface area contributed by atoms with Crippen LogP contribution < -0.4 is 16.1 Å². The maximum absolute atomic E-state index is 15.0. The highest BCUT2D eigenvalue weighted by atomic mass is 35.5. The van der Waals surface area contributed by atoms with E-state index in [-0.39, 0.29) is 35.8 Å². The van der Waals surface area contributed by atoms with Gasteiger partial charge in [-0.15, -0.1) is 0 Å². The molecule has 0 aliphatic carbocycles. The van der Waals surface area contributed by atoms with Crippen molar-refractivity contribution in [1.82, 2.24) is 14.5 Å². The van der Waals surface area contributed by atoms with Crippen LogP contribution >= 0.6 is 11.6 Å². The number of pyridine rings is 1. The summed E-state index contributed by atoms with van der Waals surface area (Å²) in [5.41, 5.74) is 2.81. The first kappa shape index (κ1) is 26.1. The van der Waals surface area contributed by atoms with Crippen LogP contribution in [0.2, 0.25) is 5.02 Å². The van der Waals surface area contributed by atoms with E-state index in [0.29, 0.717) is 41.1 Å². The zero-order chi connectivity index (χ0) is 26.8. The van der Waals surface area contributed by atoms with E-state index in [1.807, 2.05) is 32.0 Å². The standard InChI is InChI=1S/C28H29ClFN5O3/c1-16(2)35-20(13-31-19-5-3-4-18(29)11-19)12-25(36)21-7-6-17(10-24(21)35)27-22(30)14-32-28(34-27)33-23-8-9-38-15-26(23)37/h3-7,10-12,14,16,23,26,31,37H,8-9,13,15H2,1-2H3,(H,32,33,34)/t23-,26-/m1/s1. The number of aromatic nitrogens is 3. The van der Waals surface area contributed by atoms with Crippen molar-refractivity contribution in [2.45, 2.75) is 45.0 Å². The van der Waals surface area contributed by atoms with Gasteiger partial charge in [0.1, 0.15) is 5.69 Å². The molecule has 1 aliphatic rings. The number of hydrogen-bond acceptors (Lipinski definition) is 7. The van der Waals surface area contributed by atoms with Crippen molar-refractivity contribution in [3.63, 3.8) is 0 Å². The van der Waals surface area contributed by atoms with Crippen LogP contribution in [-0.2, 0) is 11.3 Å². The van der Waals surface area contributed by atoms with Crippen LogP contribution in [0.4, 0.5) is 16.0 Å². The molecule has 8 nitrogen and oxygen atoms in total. The van der Waals surface area contributed by atoms with E-state index in [0.717, 1.165) is 17.6 Å². The minimum atomic E-state index is -0.707. The molecule has 1 fully saturated rings. The maximum atomic E-state index is 15.0. The van der Waals surface area contributed by atoms with Gasteiger partial charge in [-0.05, 0) is 50.6 Å². The van der Waals surface area contributed by atoms with Gasteiger partial charge in [0.2, 0.25) is 5.95 Å². The van der Waals surface area contributed by atoms with Crippen molar-refractivity contribution in [1.29, 1.82) is 0 Å². The highest BCUT2D eigenvalue weighted by Gasteiger charge is 2.25. The molecule has 2 atom stereocenters. The number of fused-ring (bicyclic) bond motifs is 1. The van der Waals surface area contributed by atoms with Crippen molar-refractivity contribution in [2.24, 2.45) is 0 Å². The number of anilines is 2. The minimum absolute atomic E-state index is 0.0204. The first-order chi connectivity index (χ1) is 18.3. The summed E-state index contributed by atoms with van der Waals surface area (Å²) in [5, 5.41) is 17.8. The fourth-order valence-corrected chi connectivity index (χ4v) is 4.96. The Kier molecular flexibility index (Phi) is 7.60. The van der Waals surface area contributed by atoms with Crippen LogP contribution in [0, 0.1) is 5.82 Å². The third-order valence-corrected chi connectivity index (χ3v) is 6.84. The number of halogens is 2. The molecular formula is C28H29ClFN5O3. The fourth-order valence-electron chi connectivity index (χ4n) is 4.77. The van der Waals surface area contributed by atoms with E-state index in [1.54, 1.807) is 30.3 Å². The number of aliphatic hydroxyl groups excluding tert-OH is 1. The van der Waals surface area contributed by atoms with Crippen molar-refractivity contribution >= 4 is 34.1 Å². The van der Waals surface area contributed by atoms with E-state index in [1.165, 1.54) is 0 Å². The van der Waals surface area contributed by atoms with E-state index in [9.17, 15) is 14.3 Å². The quantitative estimate of drug-likeness (QED) is 0.305. The third-order valence-electron chi connectivity index (χ3n) is 6.60. The Labute approximate surface area is 224 Å². The van der Waals surface area contributed by atoms with Crippen LogP contribution in [0.15, 0.2) is 59.5 Å². The number of aliphatic hydroxyl groups is 1. The molecule has 198 valence electrons. The summed E-state index contributed by atoms with van der Waals surface area (Å²) in [7, 11) is 0. The molecule has 0 amide bonds. The lowest BCUT2D eigenvalue weighted by Gasteiger charge is -2.28. The summed E-state index contributed by atoms with van der Waals surface area (Å²) in [6, 6.07) is 13.9. The lowest BCUT2D eigenvalue weighted by molar-refractivity contribution is -0.0136. The third kappa shape index (κ3) is 5.50. The van der Waals surface area contributed by atoms with Crippen LogP contribution in [0.1, 0.15) is 32.0 Å². The van der Waals surface area contributed by atoms with E-state index in [2.05, 4.69) is 25.2 Å². The first-order valence-electron chi connectivity index (χ1n) is 12.5. The Morgan fingerprint density at radius 1 is 1.24 bits per heavy atom. The topological polar surface area (TPSA) is 101 Å². The minimum Gasteiger partial charge on any atom is -0.389 e. The van der Waals surface area contributed by atoms with Gasteiger partial charge in [0, 0.05) is 46.1 Å². The van der Waals surface area contributed by atoms with Gasteiger partial charge < -0.3 is 25.0 Å². The van der Waals surface area contributed by atoms with Crippen molar-refractivity contribution in [3.05, 3.63) is 81.5 Å². The molecule has 38 heavy (non-hydrogen) atoms. The Hall–Kier alpha value is -3.53. The van der Waals surface area contributed by atoms with Gasteiger partial charge >= 0.3 is 0 Å². The highest BCUT2D eigenvalue weighted by molar-refractivity contribution is 6.30. The number of ether oxygens (including phenoxy) is 1. The normalized spacial score (nSPS) is 17.6. The molecule has 0 saturated carbocycles. The van der Waals surface area contributed by atoms with Crippen molar-refractivity contribution < 1.29 is 14.2 Å². The molecule has 1 aliphatic heterocycles. The number of nitrogens with zero attached hydrogens (tertiary/aromatic N) is 3. The van der Waals surface area contributed by atoms with Crippen LogP contribution in [0.5, 0.6) is 0 Å². The highest BCUT2D eigenvalue weighted by Crippen LogP contribution is 2.28. The van der Waals surface area contributed by atoms with Gasteiger partial charge in [-0.2, -0.15) is 0 Å². The second-order valence-corrected chi connectivity index (χ2v) is 10.1. The largest absolute Gasteiger partial charge is 0.389 e. The summed E-state index contributed by atoms with van der Waals surface area (Å²) >= 11 is 6.11. The smallest absolute Gasteiger partial charge is 0.223 e. The molecule has 3 heterocycles. The van der Waals surface area contributed by atoms with Crippen molar-refractivity contribution in [3.8, 4) is 11.3 Å². The van der Waals surface area contributed by atoms with Gasteiger partial charge in [-0.1, -0.05) is 23.7 Å². The van der Waals surface area contributed by atoms with Crippen LogP contribution in [0.3, 0.4) is 0 Å². The molecule has 10 heteroatoms. The SMILES string of the molecule is CC(C)n1c(CNc2cccc(Cl)c2)cc(=O)c2ccc(-c3nc(N[C@@H]4CCOC[C@H]4O)ncc3F)cc21. The molecule has 0 radical (unpaired) electrons. The molecule has 0 bridgehead atoms. The molecule has 1 saturated heterocycles. The Bertz CT molecular complexity index is 1530. The molecule has 3 N–H and O–H groups in total. The summed E-state index contributed by atoms with van der Waals surface area (Å²) < 4.78 is 22.3. The number of hydrogen-bond donors (Lipinski definition) is 3. The molecule has 2 aromatic carbocycles. The monoisotopic (exact) mass is 537 g/mol. The number of benzene rings is 2. The lowest BCUT2D eigenvalue weighted by atomic mass is 10.1. The second-order valence-electron chi connectivity index (χ2n) is 9.63. The Morgan fingerprint density at radius 2 is 2.08 bits per heavy atom. The average molecular weight is 538 g/mol. The van der Waals surface area contributed by atoms with Gasteiger partial charge in [-0.25, -0.2) is 14.4 Å². The summed E-state index contributed by atoms with van der Waals surface area (Å²) in [5.74, 6) is -0.368. The predicted octanol–water partition coefficient (Wildman–Crippen LogP) is 5.01. The molecular weight excluding hydrogens is 509 g/mol. The zero-order valence-corrected chi connectivity index (χ0v) is 21.9. The van der Waals surface area contributed by atoms with Gasteiger partial charge in [0.05, 0.1) is 37.0 Å². The lowest BCUT2D eigenvalue weighted by Crippen LogP contribution is -2.42. The Morgan fingerprint density at radius 3 is 2.84 bits per heavy atom. The van der Waals surface area contributed by atoms with Gasteiger partial charge in [-0.3, -0.25) is 4.79 Å². The molecule has 5 rings (SSSR count). The Balaban J connectivity index is 1.53. The second kappa shape index (κ2) is 11.1. The molecule has 0 unspecified atom stereocenters. The summed E-state index contributed by atoms with van der Waals surface area (Å²) in [6.45, 7) is 5.20. The van der Waals surface area contributed by atoms with Gasteiger partial charge in [0.25, 0.3) is 0 Å². The number of nitrogens with one attached hydrogen (secondary N) is 2. The molecule has 4 aromatic rings. The summed E-state index contributed by atoms with van der Waals surface area (Å²) in [4.78, 5) is 21.5. The van der Waals surface area contributed by atoms with Crippen molar-refractivity contribution in [2.75, 3.05) is 23.8 Å². The number of rotatable bonds is 7. The average Bonchev–Trinajstić information content (AvgIpc) is 2.89. The fraction of sp³-hybridized carbons (Fsp3) is 0.321. The first-order valence-corrected chi connectivity index (χ1v) is 12.9. The predicted molar refractivity (Wildman–Crippen MR) is 147 cm³/mol. The maximum Gasteiger partial charge on any atom is 0.223 e. The molecule has 0 spiro atoms. The molecule has 2 aromatic heterocycles. The van der Waals surface area contributed by atoms with E-state index >= 15 is 0 Å². The van der Waals surface area contributed by atoms with Gasteiger partial charge in [0.15, 0.2) is 11.2 Å². The summed E-state index contributed by atoms with van der Waals surface area (Å²) in [6.07, 6.45) is 0.988. The van der Waals surface area contributed by atoms with E-state index < -0.39 is 11.9 Å². The van der Waals surface area contributed by atoms with Crippen LogP contribution in [0.25, 0.3) is 22.2 Å². The zero-order valence-electron chi connectivity index (χ0n) is 21.1.